The molecule has 0 aliphatic heterocycles. The lowest BCUT2D eigenvalue weighted by atomic mass is 9.77. The number of rotatable bonds is 5. The van der Waals surface area contributed by atoms with Crippen LogP contribution in [0.4, 0.5) is 13.2 Å². The van der Waals surface area contributed by atoms with E-state index in [1.165, 1.54) is 39.4 Å². The van der Waals surface area contributed by atoms with E-state index in [4.69, 9.17) is 21.1 Å². The molecule has 1 aliphatic carbocycles. The highest BCUT2D eigenvalue weighted by Gasteiger charge is 2.33. The van der Waals surface area contributed by atoms with Gasteiger partial charge in [0.05, 0.1) is 30.2 Å². The number of hydrogen-bond donors (Lipinski definition) is 0. The number of nitrogens with zero attached hydrogens (tertiary/aromatic N) is 1. The average molecular weight is 628 g/mol. The fraction of sp³-hybridized carbons (Fsp3) is 0.237. The zero-order chi connectivity index (χ0) is 31.6. The van der Waals surface area contributed by atoms with Crippen LogP contribution in [0.5, 0.6) is 11.5 Å². The molecule has 0 saturated carbocycles. The number of aromatic nitrogens is 1. The van der Waals surface area contributed by atoms with Gasteiger partial charge in [0.25, 0.3) is 0 Å². The number of hydrogen-bond acceptors (Lipinski definition) is 3. The SMILES string of the molecule is COc1cccc2c1c(OC)cc1c3c(ccc12)[C@H](CCc1ccc(Cl)c(C(F)(F)F)c1)CCC3.c1ccc2cnccc2c1. The molecule has 3 nitrogen and oxygen atoms in total. The van der Waals surface area contributed by atoms with Gasteiger partial charge in [0.1, 0.15) is 11.5 Å². The first-order valence-electron chi connectivity index (χ1n) is 15.0. The van der Waals surface area contributed by atoms with E-state index < -0.39 is 11.7 Å². The Labute approximate surface area is 265 Å². The van der Waals surface area contributed by atoms with Gasteiger partial charge in [-0.05, 0) is 112 Å². The van der Waals surface area contributed by atoms with Gasteiger partial charge in [-0.15, -0.1) is 0 Å². The van der Waals surface area contributed by atoms with Crippen molar-refractivity contribution in [3.63, 3.8) is 0 Å². The fourth-order valence-electron chi connectivity index (χ4n) is 6.58. The van der Waals surface area contributed by atoms with Gasteiger partial charge in [0, 0.05) is 12.4 Å². The predicted molar refractivity (Wildman–Crippen MR) is 177 cm³/mol. The molecule has 1 aliphatic rings. The lowest BCUT2D eigenvalue weighted by molar-refractivity contribution is -0.137. The first kappa shape index (κ1) is 30.7. The van der Waals surface area contributed by atoms with E-state index in [1.807, 2.05) is 42.7 Å². The Morgan fingerprint density at radius 3 is 2.38 bits per heavy atom. The molecule has 45 heavy (non-hydrogen) atoms. The highest BCUT2D eigenvalue weighted by Crippen LogP contribution is 2.44. The van der Waals surface area contributed by atoms with E-state index in [2.05, 4.69) is 41.4 Å². The molecule has 0 radical (unpaired) electrons. The second kappa shape index (κ2) is 13.0. The monoisotopic (exact) mass is 627 g/mol. The van der Waals surface area contributed by atoms with Gasteiger partial charge in [-0.2, -0.15) is 13.2 Å². The minimum atomic E-state index is -4.45. The van der Waals surface area contributed by atoms with Crippen molar-refractivity contribution >= 4 is 43.9 Å². The molecule has 230 valence electrons. The van der Waals surface area contributed by atoms with E-state index in [9.17, 15) is 13.2 Å². The Morgan fingerprint density at radius 1 is 0.822 bits per heavy atom. The first-order chi connectivity index (χ1) is 21.8. The van der Waals surface area contributed by atoms with Crippen molar-refractivity contribution in [1.29, 1.82) is 0 Å². The van der Waals surface area contributed by atoms with Gasteiger partial charge < -0.3 is 9.47 Å². The molecule has 0 unspecified atom stereocenters. The van der Waals surface area contributed by atoms with Crippen molar-refractivity contribution < 1.29 is 22.6 Å². The normalized spacial score (nSPS) is 14.6. The number of aryl methyl sites for hydroxylation is 2. The van der Waals surface area contributed by atoms with Crippen LogP contribution in [-0.4, -0.2) is 19.2 Å². The number of halogens is 4. The number of alkyl halides is 3. The maximum absolute atomic E-state index is 13.3. The largest absolute Gasteiger partial charge is 0.496 e. The molecule has 6 aromatic rings. The van der Waals surface area contributed by atoms with Crippen molar-refractivity contribution in [2.45, 2.75) is 44.2 Å². The van der Waals surface area contributed by atoms with Crippen LogP contribution in [0, 0.1) is 0 Å². The molecular formula is C38H33ClF3NO2. The Kier molecular flexibility index (Phi) is 8.86. The van der Waals surface area contributed by atoms with E-state index >= 15 is 0 Å². The summed E-state index contributed by atoms with van der Waals surface area (Å²) in [4.78, 5) is 4.01. The summed E-state index contributed by atoms with van der Waals surface area (Å²) in [6, 6.07) is 26.9. The smallest absolute Gasteiger partial charge is 0.417 e. The van der Waals surface area contributed by atoms with Gasteiger partial charge in [0.15, 0.2) is 0 Å². The van der Waals surface area contributed by atoms with Gasteiger partial charge in [-0.3, -0.25) is 4.98 Å². The van der Waals surface area contributed by atoms with Crippen molar-refractivity contribution in [2.75, 3.05) is 14.2 Å². The van der Waals surface area contributed by atoms with Crippen molar-refractivity contribution in [3.05, 3.63) is 125 Å². The molecule has 0 amide bonds. The minimum Gasteiger partial charge on any atom is -0.496 e. The van der Waals surface area contributed by atoms with Crippen LogP contribution in [0.3, 0.4) is 0 Å². The molecule has 1 heterocycles. The highest BCUT2D eigenvalue weighted by molar-refractivity contribution is 6.31. The molecule has 1 aromatic heterocycles. The standard InChI is InChI=1S/C29H26ClF3O2.C9H7N/c1-34-26-8-4-7-22-21-13-12-19-18(5-3-6-20(19)23(21)16-27(35-2)28(22)26)11-9-17-10-14-25(30)24(15-17)29(31,32)33;1-2-4-9-7-10-6-5-8(9)3-1/h4,7-8,10,12-16,18H,3,5-6,9,11H2,1-2H3;1-7H/t18-;/m0./s1. The van der Waals surface area contributed by atoms with E-state index in [0.717, 1.165) is 53.3 Å². The summed E-state index contributed by atoms with van der Waals surface area (Å²) in [6.07, 6.45) is 3.63. The van der Waals surface area contributed by atoms with Crippen molar-refractivity contribution in [1.82, 2.24) is 4.98 Å². The third kappa shape index (κ3) is 6.30. The summed E-state index contributed by atoms with van der Waals surface area (Å²) in [6.45, 7) is 0. The molecule has 5 aromatic carbocycles. The topological polar surface area (TPSA) is 31.4 Å². The van der Waals surface area contributed by atoms with Crippen LogP contribution < -0.4 is 9.47 Å². The number of ether oxygens (including phenoxy) is 2. The van der Waals surface area contributed by atoms with Crippen LogP contribution in [0.1, 0.15) is 47.4 Å². The van der Waals surface area contributed by atoms with E-state index in [-0.39, 0.29) is 5.02 Å². The second-order valence-electron chi connectivity index (χ2n) is 11.4. The third-order valence-corrected chi connectivity index (χ3v) is 9.09. The molecule has 0 bridgehead atoms. The summed E-state index contributed by atoms with van der Waals surface area (Å²) < 4.78 is 51.2. The summed E-state index contributed by atoms with van der Waals surface area (Å²) in [5.41, 5.74) is 2.50. The second-order valence-corrected chi connectivity index (χ2v) is 11.8. The van der Waals surface area contributed by atoms with E-state index in [0.29, 0.717) is 17.9 Å². The molecule has 7 rings (SSSR count). The summed E-state index contributed by atoms with van der Waals surface area (Å²) in [5, 5.41) is 6.57. The maximum atomic E-state index is 13.3. The number of benzene rings is 5. The number of methoxy groups -OCH3 is 2. The van der Waals surface area contributed by atoms with Crippen LogP contribution in [0.25, 0.3) is 32.3 Å². The lowest BCUT2D eigenvalue weighted by Crippen LogP contribution is -2.12. The van der Waals surface area contributed by atoms with Gasteiger partial charge in [-0.1, -0.05) is 66.2 Å². The summed E-state index contributed by atoms with van der Waals surface area (Å²) in [7, 11) is 3.33. The molecule has 0 fully saturated rings. The molecule has 7 heteroatoms. The third-order valence-electron chi connectivity index (χ3n) is 8.76. The van der Waals surface area contributed by atoms with Crippen LogP contribution >= 0.6 is 11.6 Å². The van der Waals surface area contributed by atoms with Crippen LogP contribution in [0.15, 0.2) is 97.3 Å². The fourth-order valence-corrected chi connectivity index (χ4v) is 6.81. The molecular weight excluding hydrogens is 595 g/mol. The zero-order valence-corrected chi connectivity index (χ0v) is 25.9. The van der Waals surface area contributed by atoms with Gasteiger partial charge in [-0.25, -0.2) is 0 Å². The molecule has 0 spiro atoms. The quantitative estimate of drug-likeness (QED) is 0.178. The highest BCUT2D eigenvalue weighted by atomic mass is 35.5. The van der Waals surface area contributed by atoms with Crippen LogP contribution in [-0.2, 0) is 19.0 Å². The number of fused-ring (bicyclic) bond motifs is 6. The Balaban J connectivity index is 0.000000301. The van der Waals surface area contributed by atoms with Gasteiger partial charge in [0.2, 0.25) is 0 Å². The Morgan fingerprint density at radius 2 is 1.62 bits per heavy atom. The lowest BCUT2D eigenvalue weighted by Gasteiger charge is -2.28. The minimum absolute atomic E-state index is 0.256. The number of pyridine rings is 1. The molecule has 1 atom stereocenters. The molecule has 0 N–H and O–H groups in total. The average Bonchev–Trinajstić information content (AvgIpc) is 3.06. The maximum Gasteiger partial charge on any atom is 0.417 e. The zero-order valence-electron chi connectivity index (χ0n) is 25.1. The summed E-state index contributed by atoms with van der Waals surface area (Å²) in [5.74, 6) is 1.85. The van der Waals surface area contributed by atoms with Crippen molar-refractivity contribution in [2.24, 2.45) is 0 Å². The molecule has 0 saturated heterocycles. The Bertz CT molecular complexity index is 1920. The predicted octanol–water partition coefficient (Wildman–Crippen LogP) is 11.0. The van der Waals surface area contributed by atoms with Gasteiger partial charge >= 0.3 is 6.18 Å². The van der Waals surface area contributed by atoms with E-state index in [1.54, 1.807) is 20.3 Å². The Hall–Kier alpha value is -4.29. The van der Waals surface area contributed by atoms with Crippen molar-refractivity contribution in [3.8, 4) is 11.5 Å². The first-order valence-corrected chi connectivity index (χ1v) is 15.4. The van der Waals surface area contributed by atoms with Crippen LogP contribution in [0.2, 0.25) is 5.02 Å². The summed E-state index contributed by atoms with van der Waals surface area (Å²) >= 11 is 5.80.